The Morgan fingerprint density at radius 1 is 1.53 bits per heavy atom. The zero-order valence-corrected chi connectivity index (χ0v) is 12.1. The van der Waals surface area contributed by atoms with Crippen molar-refractivity contribution in [3.05, 3.63) is 21.4 Å². The van der Waals surface area contributed by atoms with Crippen LogP contribution in [0.25, 0.3) is 0 Å². The van der Waals surface area contributed by atoms with Gasteiger partial charge in [0.2, 0.25) is 0 Å². The first kappa shape index (κ1) is 13.1. The second-order valence-electron chi connectivity index (χ2n) is 4.97. The van der Waals surface area contributed by atoms with E-state index in [1.54, 1.807) is 0 Å². The Morgan fingerprint density at radius 3 is 2.76 bits per heavy atom. The lowest BCUT2D eigenvalue weighted by atomic mass is 9.91. The molecule has 1 fully saturated rings. The molecule has 2 rings (SSSR count). The van der Waals surface area contributed by atoms with Gasteiger partial charge in [0.25, 0.3) is 0 Å². The van der Waals surface area contributed by atoms with Crippen LogP contribution < -0.4 is 5.32 Å². The first-order valence-electron chi connectivity index (χ1n) is 6.55. The Kier molecular flexibility index (Phi) is 4.23. The van der Waals surface area contributed by atoms with E-state index in [0.717, 1.165) is 13.2 Å². The average molecular weight is 253 g/mol. The van der Waals surface area contributed by atoms with E-state index >= 15 is 0 Å². The first-order valence-corrected chi connectivity index (χ1v) is 7.37. The standard InChI is InChI=1S/C14H23NOS/c1-5-15-13(12-6-7-16-11(12)4)14-9(2)8-10(3)17-14/h8,11-13,15H,5-7H2,1-4H3. The summed E-state index contributed by atoms with van der Waals surface area (Å²) in [7, 11) is 0. The molecule has 0 saturated carbocycles. The smallest absolute Gasteiger partial charge is 0.0594 e. The third-order valence-corrected chi connectivity index (χ3v) is 4.88. The Balaban J connectivity index is 2.25. The summed E-state index contributed by atoms with van der Waals surface area (Å²) in [6, 6.07) is 2.77. The van der Waals surface area contributed by atoms with Gasteiger partial charge in [0.05, 0.1) is 6.10 Å². The van der Waals surface area contributed by atoms with E-state index in [2.05, 4.69) is 39.1 Å². The van der Waals surface area contributed by atoms with Crippen molar-refractivity contribution in [2.24, 2.45) is 5.92 Å². The van der Waals surface area contributed by atoms with Crippen LogP contribution in [0.2, 0.25) is 0 Å². The van der Waals surface area contributed by atoms with Gasteiger partial charge in [-0.3, -0.25) is 0 Å². The fraction of sp³-hybridized carbons (Fsp3) is 0.714. The molecule has 0 radical (unpaired) electrons. The highest BCUT2D eigenvalue weighted by Gasteiger charge is 2.33. The average Bonchev–Trinajstić information content (AvgIpc) is 2.82. The largest absolute Gasteiger partial charge is 0.378 e. The number of ether oxygens (including phenoxy) is 1. The van der Waals surface area contributed by atoms with Crippen LogP contribution in [0.3, 0.4) is 0 Å². The molecule has 0 spiro atoms. The Hall–Kier alpha value is -0.380. The zero-order valence-electron chi connectivity index (χ0n) is 11.2. The lowest BCUT2D eigenvalue weighted by Crippen LogP contribution is -2.31. The van der Waals surface area contributed by atoms with Crippen molar-refractivity contribution in [3.63, 3.8) is 0 Å². The van der Waals surface area contributed by atoms with Gasteiger partial charge >= 0.3 is 0 Å². The van der Waals surface area contributed by atoms with Gasteiger partial charge in [-0.15, -0.1) is 11.3 Å². The molecule has 3 heteroatoms. The molecule has 3 unspecified atom stereocenters. The summed E-state index contributed by atoms with van der Waals surface area (Å²) in [5, 5.41) is 3.66. The number of aryl methyl sites for hydroxylation is 2. The monoisotopic (exact) mass is 253 g/mol. The van der Waals surface area contributed by atoms with Crippen LogP contribution in [0.5, 0.6) is 0 Å². The quantitative estimate of drug-likeness (QED) is 0.887. The molecule has 1 N–H and O–H groups in total. The number of hydrogen-bond donors (Lipinski definition) is 1. The van der Waals surface area contributed by atoms with Gasteiger partial charge in [0.1, 0.15) is 0 Å². The third-order valence-electron chi connectivity index (χ3n) is 3.65. The Labute approximate surface area is 108 Å². The zero-order chi connectivity index (χ0) is 12.4. The maximum atomic E-state index is 5.73. The number of rotatable bonds is 4. The van der Waals surface area contributed by atoms with Crippen LogP contribution in [0, 0.1) is 19.8 Å². The van der Waals surface area contributed by atoms with Crippen molar-refractivity contribution in [2.45, 2.75) is 46.3 Å². The van der Waals surface area contributed by atoms with E-state index in [-0.39, 0.29) is 0 Å². The molecule has 2 nitrogen and oxygen atoms in total. The van der Waals surface area contributed by atoms with E-state index in [1.165, 1.54) is 21.7 Å². The van der Waals surface area contributed by atoms with E-state index < -0.39 is 0 Å². The van der Waals surface area contributed by atoms with Gasteiger partial charge < -0.3 is 10.1 Å². The molecule has 96 valence electrons. The molecule has 0 amide bonds. The highest BCUT2D eigenvalue weighted by Crippen LogP contribution is 2.38. The summed E-state index contributed by atoms with van der Waals surface area (Å²) in [6.07, 6.45) is 1.55. The van der Waals surface area contributed by atoms with Crippen molar-refractivity contribution >= 4 is 11.3 Å². The van der Waals surface area contributed by atoms with Crippen LogP contribution >= 0.6 is 11.3 Å². The molecule has 0 aromatic carbocycles. The molecule has 0 bridgehead atoms. The number of nitrogens with one attached hydrogen (secondary N) is 1. The maximum Gasteiger partial charge on any atom is 0.0594 e. The molecular weight excluding hydrogens is 230 g/mol. The highest BCUT2D eigenvalue weighted by atomic mass is 32.1. The molecular formula is C14H23NOS. The Bertz CT molecular complexity index is 374. The molecule has 1 aromatic rings. The van der Waals surface area contributed by atoms with Gasteiger partial charge in [-0.05, 0) is 45.4 Å². The van der Waals surface area contributed by atoms with Gasteiger partial charge in [0, 0.05) is 28.3 Å². The summed E-state index contributed by atoms with van der Waals surface area (Å²) in [4.78, 5) is 2.92. The molecule has 2 heterocycles. The molecule has 1 aliphatic heterocycles. The van der Waals surface area contributed by atoms with E-state index in [4.69, 9.17) is 4.74 Å². The molecule has 1 saturated heterocycles. The minimum Gasteiger partial charge on any atom is -0.378 e. The second-order valence-corrected chi connectivity index (χ2v) is 6.26. The highest BCUT2D eigenvalue weighted by molar-refractivity contribution is 7.12. The van der Waals surface area contributed by atoms with Crippen LogP contribution in [0.15, 0.2) is 6.07 Å². The lowest BCUT2D eigenvalue weighted by Gasteiger charge is -2.26. The maximum absolute atomic E-state index is 5.73. The lowest BCUT2D eigenvalue weighted by molar-refractivity contribution is 0.0959. The minimum absolute atomic E-state index is 0.376. The van der Waals surface area contributed by atoms with Crippen LogP contribution in [0.1, 0.15) is 41.6 Å². The van der Waals surface area contributed by atoms with Gasteiger partial charge in [0.15, 0.2) is 0 Å². The molecule has 1 aromatic heterocycles. The second kappa shape index (κ2) is 5.51. The Morgan fingerprint density at radius 2 is 2.29 bits per heavy atom. The summed E-state index contributed by atoms with van der Waals surface area (Å²) >= 11 is 1.93. The predicted molar refractivity (Wildman–Crippen MR) is 73.7 cm³/mol. The summed E-state index contributed by atoms with van der Waals surface area (Å²) in [6.45, 7) is 10.7. The molecule has 0 aliphatic carbocycles. The van der Waals surface area contributed by atoms with Gasteiger partial charge in [-0.25, -0.2) is 0 Å². The van der Waals surface area contributed by atoms with Gasteiger partial charge in [-0.1, -0.05) is 6.92 Å². The van der Waals surface area contributed by atoms with Crippen LogP contribution in [-0.4, -0.2) is 19.3 Å². The number of hydrogen-bond acceptors (Lipinski definition) is 3. The van der Waals surface area contributed by atoms with Crippen LogP contribution in [-0.2, 0) is 4.74 Å². The molecule has 3 atom stereocenters. The topological polar surface area (TPSA) is 21.3 Å². The van der Waals surface area contributed by atoms with Crippen molar-refractivity contribution in [1.29, 1.82) is 0 Å². The number of thiophene rings is 1. The van der Waals surface area contributed by atoms with Crippen molar-refractivity contribution < 1.29 is 4.74 Å². The summed E-state index contributed by atoms with van der Waals surface area (Å²) in [5.41, 5.74) is 1.43. The third kappa shape index (κ3) is 2.72. The summed E-state index contributed by atoms with van der Waals surface area (Å²) < 4.78 is 5.73. The van der Waals surface area contributed by atoms with Crippen molar-refractivity contribution in [1.82, 2.24) is 5.32 Å². The van der Waals surface area contributed by atoms with Gasteiger partial charge in [-0.2, -0.15) is 0 Å². The van der Waals surface area contributed by atoms with Crippen molar-refractivity contribution in [2.75, 3.05) is 13.2 Å². The fourth-order valence-electron chi connectivity index (χ4n) is 2.81. The van der Waals surface area contributed by atoms with E-state index in [9.17, 15) is 0 Å². The first-order chi connectivity index (χ1) is 8.13. The summed E-state index contributed by atoms with van der Waals surface area (Å²) in [5.74, 6) is 0.617. The molecule has 17 heavy (non-hydrogen) atoms. The SMILES string of the molecule is CCNC(c1sc(C)cc1C)C1CCOC1C. The predicted octanol–water partition coefficient (Wildman–Crippen LogP) is 3.44. The normalized spacial score (nSPS) is 26.4. The molecule has 1 aliphatic rings. The van der Waals surface area contributed by atoms with Crippen molar-refractivity contribution in [3.8, 4) is 0 Å². The van der Waals surface area contributed by atoms with E-state index in [0.29, 0.717) is 18.1 Å². The minimum atomic E-state index is 0.376. The fourth-order valence-corrected chi connectivity index (χ4v) is 4.00. The van der Waals surface area contributed by atoms with E-state index in [1.807, 2.05) is 11.3 Å². The van der Waals surface area contributed by atoms with Crippen LogP contribution in [0.4, 0.5) is 0 Å².